The minimum atomic E-state index is 0.256. The van der Waals surface area contributed by atoms with Gasteiger partial charge in [0.05, 0.1) is 6.61 Å². The van der Waals surface area contributed by atoms with E-state index >= 15 is 0 Å². The van der Waals surface area contributed by atoms with Gasteiger partial charge in [0.15, 0.2) is 0 Å². The van der Waals surface area contributed by atoms with Crippen LogP contribution in [0.2, 0.25) is 0 Å². The number of nitrogens with one attached hydrogen (secondary N) is 1. The Morgan fingerprint density at radius 2 is 1.31 bits per heavy atom. The molecule has 0 saturated carbocycles. The monoisotopic (exact) mass is 345 g/mol. The van der Waals surface area contributed by atoms with Crippen LogP contribution in [0.15, 0.2) is 84.9 Å². The van der Waals surface area contributed by atoms with Crippen LogP contribution in [0.3, 0.4) is 0 Å². The van der Waals surface area contributed by atoms with Gasteiger partial charge in [0, 0.05) is 18.0 Å². The summed E-state index contributed by atoms with van der Waals surface area (Å²) < 4.78 is 6.09. The first kappa shape index (κ1) is 18.2. The van der Waals surface area contributed by atoms with Gasteiger partial charge in [-0.2, -0.15) is 0 Å². The van der Waals surface area contributed by atoms with Crippen molar-refractivity contribution in [2.24, 2.45) is 0 Å². The molecule has 0 amide bonds. The van der Waals surface area contributed by atoms with Crippen LogP contribution >= 0.6 is 0 Å². The van der Waals surface area contributed by atoms with Crippen molar-refractivity contribution < 1.29 is 4.74 Å². The van der Waals surface area contributed by atoms with E-state index in [9.17, 15) is 0 Å². The molecular formula is C24H27NO. The summed E-state index contributed by atoms with van der Waals surface area (Å²) in [4.78, 5) is 0. The minimum Gasteiger partial charge on any atom is -0.493 e. The molecule has 1 unspecified atom stereocenters. The Morgan fingerprint density at radius 3 is 2.00 bits per heavy atom. The Morgan fingerprint density at radius 1 is 0.731 bits per heavy atom. The molecule has 0 aliphatic carbocycles. The fourth-order valence-electron chi connectivity index (χ4n) is 3.08. The SMILES string of the molecule is CC(NCCc1ccccc1)c1ccccc1OCCc1ccccc1. The van der Waals surface area contributed by atoms with Gasteiger partial charge < -0.3 is 10.1 Å². The first-order valence-electron chi connectivity index (χ1n) is 9.36. The lowest BCUT2D eigenvalue weighted by molar-refractivity contribution is 0.315. The van der Waals surface area contributed by atoms with E-state index < -0.39 is 0 Å². The predicted molar refractivity (Wildman–Crippen MR) is 109 cm³/mol. The first-order chi connectivity index (χ1) is 12.8. The largest absolute Gasteiger partial charge is 0.493 e. The van der Waals surface area contributed by atoms with E-state index in [4.69, 9.17) is 4.74 Å². The summed E-state index contributed by atoms with van der Waals surface area (Å²) in [6.07, 6.45) is 1.95. The van der Waals surface area contributed by atoms with Gasteiger partial charge in [-0.15, -0.1) is 0 Å². The molecule has 134 valence electrons. The standard InChI is InChI=1S/C24H27NO/c1-20(25-18-16-21-10-4-2-5-11-21)23-14-8-9-15-24(23)26-19-17-22-12-6-3-7-13-22/h2-15,20,25H,16-19H2,1H3. The Balaban J connectivity index is 1.52. The van der Waals surface area contributed by atoms with Crippen LogP contribution in [-0.2, 0) is 12.8 Å². The fraction of sp³-hybridized carbons (Fsp3) is 0.250. The summed E-state index contributed by atoms with van der Waals surface area (Å²) in [6.45, 7) is 3.84. The van der Waals surface area contributed by atoms with Crippen molar-refractivity contribution in [2.45, 2.75) is 25.8 Å². The molecule has 2 heteroatoms. The molecule has 0 fully saturated rings. The number of benzene rings is 3. The molecule has 0 bridgehead atoms. The molecule has 3 aromatic rings. The molecule has 1 N–H and O–H groups in total. The number of para-hydroxylation sites is 1. The molecule has 0 saturated heterocycles. The average Bonchev–Trinajstić information content (AvgIpc) is 2.70. The molecule has 0 aliphatic rings. The number of ether oxygens (including phenoxy) is 1. The third-order valence-corrected chi connectivity index (χ3v) is 4.58. The van der Waals surface area contributed by atoms with Gasteiger partial charge in [0.25, 0.3) is 0 Å². The van der Waals surface area contributed by atoms with Crippen molar-refractivity contribution in [2.75, 3.05) is 13.2 Å². The second-order valence-corrected chi connectivity index (χ2v) is 6.53. The summed E-state index contributed by atoms with van der Waals surface area (Å²) in [6, 6.07) is 29.6. The van der Waals surface area contributed by atoms with Gasteiger partial charge in [0.2, 0.25) is 0 Å². The Kier molecular flexibility index (Phi) is 6.86. The molecule has 0 aliphatic heterocycles. The van der Waals surface area contributed by atoms with Crippen LogP contribution in [0.1, 0.15) is 29.7 Å². The molecule has 0 heterocycles. The highest BCUT2D eigenvalue weighted by Gasteiger charge is 2.10. The summed E-state index contributed by atoms with van der Waals surface area (Å²) in [5, 5.41) is 3.62. The van der Waals surface area contributed by atoms with E-state index in [1.807, 2.05) is 12.1 Å². The van der Waals surface area contributed by atoms with E-state index in [-0.39, 0.29) is 6.04 Å². The van der Waals surface area contributed by atoms with E-state index in [0.717, 1.165) is 25.1 Å². The van der Waals surface area contributed by atoms with Crippen molar-refractivity contribution >= 4 is 0 Å². The topological polar surface area (TPSA) is 21.3 Å². The highest BCUT2D eigenvalue weighted by Crippen LogP contribution is 2.25. The maximum atomic E-state index is 6.09. The van der Waals surface area contributed by atoms with Crippen LogP contribution in [0.25, 0.3) is 0 Å². The molecule has 3 rings (SSSR count). The van der Waals surface area contributed by atoms with Crippen molar-refractivity contribution in [3.8, 4) is 5.75 Å². The summed E-state index contributed by atoms with van der Waals surface area (Å²) in [7, 11) is 0. The zero-order chi connectivity index (χ0) is 18.0. The number of rotatable bonds is 9. The van der Waals surface area contributed by atoms with Gasteiger partial charge in [-0.3, -0.25) is 0 Å². The maximum Gasteiger partial charge on any atom is 0.124 e. The molecule has 0 aromatic heterocycles. The second kappa shape index (κ2) is 9.79. The van der Waals surface area contributed by atoms with Crippen molar-refractivity contribution in [3.63, 3.8) is 0 Å². The highest BCUT2D eigenvalue weighted by molar-refractivity contribution is 5.35. The number of hydrogen-bond donors (Lipinski definition) is 1. The van der Waals surface area contributed by atoms with Crippen molar-refractivity contribution in [1.29, 1.82) is 0 Å². The normalized spacial score (nSPS) is 11.9. The molecular weight excluding hydrogens is 318 g/mol. The highest BCUT2D eigenvalue weighted by atomic mass is 16.5. The molecule has 0 spiro atoms. The molecule has 2 nitrogen and oxygen atoms in total. The van der Waals surface area contributed by atoms with E-state index in [1.54, 1.807) is 0 Å². The molecule has 0 radical (unpaired) electrons. The number of hydrogen-bond acceptors (Lipinski definition) is 2. The summed E-state index contributed by atoms with van der Waals surface area (Å²) in [5.41, 5.74) is 3.88. The van der Waals surface area contributed by atoms with Crippen LogP contribution in [-0.4, -0.2) is 13.2 Å². The summed E-state index contributed by atoms with van der Waals surface area (Å²) in [5.74, 6) is 0.975. The lowest BCUT2D eigenvalue weighted by Crippen LogP contribution is -2.22. The zero-order valence-electron chi connectivity index (χ0n) is 15.4. The summed E-state index contributed by atoms with van der Waals surface area (Å²) >= 11 is 0. The van der Waals surface area contributed by atoms with Gasteiger partial charge in [-0.05, 0) is 37.1 Å². The van der Waals surface area contributed by atoms with Crippen LogP contribution in [0, 0.1) is 0 Å². The van der Waals surface area contributed by atoms with E-state index in [2.05, 4.69) is 85.0 Å². The lowest BCUT2D eigenvalue weighted by Gasteiger charge is -2.18. The fourth-order valence-corrected chi connectivity index (χ4v) is 3.08. The van der Waals surface area contributed by atoms with Gasteiger partial charge in [0.1, 0.15) is 5.75 Å². The predicted octanol–water partition coefficient (Wildman–Crippen LogP) is 5.20. The molecule has 1 atom stereocenters. The third-order valence-electron chi connectivity index (χ3n) is 4.58. The van der Waals surface area contributed by atoms with Crippen LogP contribution in [0.4, 0.5) is 0 Å². The third kappa shape index (κ3) is 5.47. The smallest absolute Gasteiger partial charge is 0.124 e. The van der Waals surface area contributed by atoms with Crippen molar-refractivity contribution in [3.05, 3.63) is 102 Å². The maximum absolute atomic E-state index is 6.09. The van der Waals surface area contributed by atoms with E-state index in [1.165, 1.54) is 16.7 Å². The average molecular weight is 345 g/mol. The second-order valence-electron chi connectivity index (χ2n) is 6.53. The zero-order valence-corrected chi connectivity index (χ0v) is 15.4. The van der Waals surface area contributed by atoms with Gasteiger partial charge in [-0.25, -0.2) is 0 Å². The van der Waals surface area contributed by atoms with E-state index in [0.29, 0.717) is 6.61 Å². The molecule has 26 heavy (non-hydrogen) atoms. The quantitative estimate of drug-likeness (QED) is 0.575. The Hall–Kier alpha value is -2.58. The Labute approximate surface area is 156 Å². The minimum absolute atomic E-state index is 0.256. The van der Waals surface area contributed by atoms with Gasteiger partial charge >= 0.3 is 0 Å². The molecule has 3 aromatic carbocycles. The first-order valence-corrected chi connectivity index (χ1v) is 9.36. The van der Waals surface area contributed by atoms with Crippen LogP contribution in [0.5, 0.6) is 5.75 Å². The van der Waals surface area contributed by atoms with Crippen LogP contribution < -0.4 is 10.1 Å². The lowest BCUT2D eigenvalue weighted by atomic mass is 10.1. The van der Waals surface area contributed by atoms with Gasteiger partial charge in [-0.1, -0.05) is 78.9 Å². The Bertz CT molecular complexity index is 770. The van der Waals surface area contributed by atoms with Crippen molar-refractivity contribution in [1.82, 2.24) is 5.32 Å².